The Kier molecular flexibility index (Phi) is 4.62. The van der Waals surface area contributed by atoms with Crippen molar-refractivity contribution in [2.45, 2.75) is 45.7 Å². The zero-order valence-corrected chi connectivity index (χ0v) is 13.0. The fourth-order valence-electron chi connectivity index (χ4n) is 2.42. The summed E-state index contributed by atoms with van der Waals surface area (Å²) in [6, 6.07) is 3.16. The number of anilines is 1. The van der Waals surface area contributed by atoms with E-state index in [2.05, 4.69) is 51.9 Å². The molecule has 0 saturated carbocycles. The second-order valence-electron chi connectivity index (χ2n) is 5.32. The number of pyridine rings is 1. The van der Waals surface area contributed by atoms with Gasteiger partial charge < -0.3 is 10.2 Å². The first-order chi connectivity index (χ1) is 8.59. The molecule has 1 aliphatic heterocycles. The van der Waals surface area contributed by atoms with Crippen molar-refractivity contribution in [2.75, 3.05) is 18.0 Å². The summed E-state index contributed by atoms with van der Waals surface area (Å²) in [5.74, 6) is 1.10. The van der Waals surface area contributed by atoms with Gasteiger partial charge >= 0.3 is 0 Å². The smallest absolute Gasteiger partial charge is 0.143 e. The van der Waals surface area contributed by atoms with E-state index >= 15 is 0 Å². The molecule has 0 spiro atoms. The van der Waals surface area contributed by atoms with Crippen molar-refractivity contribution in [3.05, 3.63) is 22.3 Å². The Morgan fingerprint density at radius 1 is 1.56 bits per heavy atom. The second-order valence-corrected chi connectivity index (χ2v) is 6.11. The summed E-state index contributed by atoms with van der Waals surface area (Å²) in [7, 11) is 0. The number of aryl methyl sites for hydroxylation is 1. The van der Waals surface area contributed by atoms with Crippen LogP contribution in [-0.4, -0.2) is 30.2 Å². The van der Waals surface area contributed by atoms with Gasteiger partial charge in [-0.25, -0.2) is 4.98 Å². The van der Waals surface area contributed by atoms with Crippen LogP contribution in [0.5, 0.6) is 0 Å². The van der Waals surface area contributed by atoms with Gasteiger partial charge in [0.2, 0.25) is 0 Å². The lowest BCUT2D eigenvalue weighted by atomic mass is 10.2. The number of aromatic nitrogens is 1. The van der Waals surface area contributed by atoms with E-state index in [0.29, 0.717) is 12.1 Å². The Bertz CT molecular complexity index is 406. The highest BCUT2D eigenvalue weighted by Gasteiger charge is 2.27. The first-order valence-corrected chi connectivity index (χ1v) is 7.50. The summed E-state index contributed by atoms with van der Waals surface area (Å²) in [6.07, 6.45) is 4.41. The minimum absolute atomic E-state index is 0.543. The molecule has 1 aromatic rings. The molecule has 1 atom stereocenters. The van der Waals surface area contributed by atoms with E-state index < -0.39 is 0 Å². The summed E-state index contributed by atoms with van der Waals surface area (Å²) in [4.78, 5) is 6.99. The van der Waals surface area contributed by atoms with Gasteiger partial charge in [-0.05, 0) is 47.3 Å². The van der Waals surface area contributed by atoms with Crippen molar-refractivity contribution in [3.8, 4) is 0 Å². The molecule has 1 fully saturated rings. The minimum Gasteiger partial charge on any atom is -0.351 e. The number of halogens is 1. The average molecular weight is 312 g/mol. The molecular weight excluding hydrogens is 290 g/mol. The van der Waals surface area contributed by atoms with Crippen molar-refractivity contribution in [1.82, 2.24) is 10.3 Å². The van der Waals surface area contributed by atoms with Crippen molar-refractivity contribution >= 4 is 21.7 Å². The molecule has 0 amide bonds. The maximum atomic E-state index is 4.55. The van der Waals surface area contributed by atoms with E-state index in [1.165, 1.54) is 18.4 Å². The molecule has 0 aromatic carbocycles. The first kappa shape index (κ1) is 13.8. The number of hydrogen-bond donors (Lipinski definition) is 1. The molecule has 2 rings (SSSR count). The van der Waals surface area contributed by atoms with Gasteiger partial charge in [0.1, 0.15) is 5.82 Å². The highest BCUT2D eigenvalue weighted by atomic mass is 79.9. The van der Waals surface area contributed by atoms with Crippen LogP contribution in [0.25, 0.3) is 0 Å². The van der Waals surface area contributed by atoms with E-state index in [4.69, 9.17) is 0 Å². The standard InChI is InChI=1S/C14H22BrN3/c1-10(2)17-9-12-5-4-8-18(12)14-13(15)11(3)6-7-16-14/h6-7,10,12,17H,4-5,8-9H2,1-3H3. The Morgan fingerprint density at radius 3 is 3.06 bits per heavy atom. The third kappa shape index (κ3) is 3.04. The number of nitrogens with one attached hydrogen (secondary N) is 1. The van der Waals surface area contributed by atoms with Gasteiger partial charge in [0.25, 0.3) is 0 Å². The molecule has 1 unspecified atom stereocenters. The molecule has 1 saturated heterocycles. The summed E-state index contributed by atoms with van der Waals surface area (Å²) in [5, 5.41) is 3.54. The zero-order chi connectivity index (χ0) is 13.1. The van der Waals surface area contributed by atoms with Gasteiger partial charge in [0.15, 0.2) is 0 Å². The molecule has 2 heterocycles. The molecule has 18 heavy (non-hydrogen) atoms. The largest absolute Gasteiger partial charge is 0.351 e. The molecule has 0 aliphatic carbocycles. The van der Waals surface area contributed by atoms with Crippen LogP contribution in [0.4, 0.5) is 5.82 Å². The summed E-state index contributed by atoms with van der Waals surface area (Å²) < 4.78 is 1.14. The highest BCUT2D eigenvalue weighted by Crippen LogP contribution is 2.31. The van der Waals surface area contributed by atoms with Gasteiger partial charge in [-0.2, -0.15) is 0 Å². The molecule has 0 radical (unpaired) electrons. The van der Waals surface area contributed by atoms with E-state index in [1.54, 1.807) is 0 Å². The van der Waals surface area contributed by atoms with Crippen LogP contribution < -0.4 is 10.2 Å². The average Bonchev–Trinajstić information content (AvgIpc) is 2.78. The van der Waals surface area contributed by atoms with E-state index in [9.17, 15) is 0 Å². The summed E-state index contributed by atoms with van der Waals surface area (Å²) >= 11 is 3.67. The quantitative estimate of drug-likeness (QED) is 0.926. The number of rotatable bonds is 4. The normalized spacial score (nSPS) is 19.8. The van der Waals surface area contributed by atoms with Crippen LogP contribution in [-0.2, 0) is 0 Å². The van der Waals surface area contributed by atoms with Crippen molar-refractivity contribution < 1.29 is 0 Å². The molecule has 4 heteroatoms. The van der Waals surface area contributed by atoms with E-state index in [-0.39, 0.29) is 0 Å². The molecule has 100 valence electrons. The van der Waals surface area contributed by atoms with Crippen molar-refractivity contribution in [3.63, 3.8) is 0 Å². The van der Waals surface area contributed by atoms with Crippen LogP contribution >= 0.6 is 15.9 Å². The lowest BCUT2D eigenvalue weighted by Crippen LogP contribution is -2.40. The second kappa shape index (κ2) is 6.02. The predicted octanol–water partition coefficient (Wildman–Crippen LogP) is 3.12. The SMILES string of the molecule is Cc1ccnc(N2CCCC2CNC(C)C)c1Br. The zero-order valence-electron chi connectivity index (χ0n) is 11.4. The van der Waals surface area contributed by atoms with Gasteiger partial charge in [-0.15, -0.1) is 0 Å². The molecule has 1 aliphatic rings. The molecule has 0 bridgehead atoms. The van der Waals surface area contributed by atoms with Crippen LogP contribution in [0.15, 0.2) is 16.7 Å². The Morgan fingerprint density at radius 2 is 2.33 bits per heavy atom. The minimum atomic E-state index is 0.543. The third-order valence-corrected chi connectivity index (χ3v) is 4.45. The highest BCUT2D eigenvalue weighted by molar-refractivity contribution is 9.10. The lowest BCUT2D eigenvalue weighted by Gasteiger charge is -2.28. The predicted molar refractivity (Wildman–Crippen MR) is 80.2 cm³/mol. The molecule has 3 nitrogen and oxygen atoms in total. The first-order valence-electron chi connectivity index (χ1n) is 6.70. The van der Waals surface area contributed by atoms with E-state index in [1.807, 2.05) is 12.3 Å². The molecule has 1 aromatic heterocycles. The molecule has 1 N–H and O–H groups in total. The van der Waals surface area contributed by atoms with Gasteiger partial charge in [-0.1, -0.05) is 13.8 Å². The van der Waals surface area contributed by atoms with Gasteiger partial charge in [0.05, 0.1) is 4.47 Å². The van der Waals surface area contributed by atoms with E-state index in [0.717, 1.165) is 23.4 Å². The maximum absolute atomic E-state index is 4.55. The fraction of sp³-hybridized carbons (Fsp3) is 0.643. The topological polar surface area (TPSA) is 28.2 Å². The van der Waals surface area contributed by atoms with Crippen molar-refractivity contribution in [2.24, 2.45) is 0 Å². The van der Waals surface area contributed by atoms with Crippen LogP contribution in [0.2, 0.25) is 0 Å². The Labute approximate surface area is 118 Å². The molecular formula is C14H22BrN3. The Balaban J connectivity index is 2.13. The number of hydrogen-bond acceptors (Lipinski definition) is 3. The van der Waals surface area contributed by atoms with Gasteiger partial charge in [0, 0.05) is 31.4 Å². The Hall–Kier alpha value is -0.610. The fourth-order valence-corrected chi connectivity index (χ4v) is 2.89. The van der Waals surface area contributed by atoms with Crippen molar-refractivity contribution in [1.29, 1.82) is 0 Å². The van der Waals surface area contributed by atoms with Crippen LogP contribution in [0, 0.1) is 6.92 Å². The third-order valence-electron chi connectivity index (χ3n) is 3.47. The maximum Gasteiger partial charge on any atom is 0.143 e. The number of nitrogens with zero attached hydrogens (tertiary/aromatic N) is 2. The summed E-state index contributed by atoms with van der Waals surface area (Å²) in [5.41, 5.74) is 1.25. The van der Waals surface area contributed by atoms with Crippen LogP contribution in [0.1, 0.15) is 32.3 Å². The van der Waals surface area contributed by atoms with Gasteiger partial charge in [-0.3, -0.25) is 0 Å². The summed E-state index contributed by atoms with van der Waals surface area (Å²) in [6.45, 7) is 8.66. The lowest BCUT2D eigenvalue weighted by molar-refractivity contribution is 0.522. The monoisotopic (exact) mass is 311 g/mol. The van der Waals surface area contributed by atoms with Crippen LogP contribution in [0.3, 0.4) is 0 Å².